The lowest BCUT2D eigenvalue weighted by Gasteiger charge is -2.09. The number of rotatable bonds is 10. The number of nitrogens with zero attached hydrogens (tertiary/aromatic N) is 3. The molecule has 1 aromatic heterocycles. The molecule has 0 aliphatic rings. The summed E-state index contributed by atoms with van der Waals surface area (Å²) in [4.78, 5) is 12.1. The lowest BCUT2D eigenvalue weighted by Crippen LogP contribution is -2.19. The highest BCUT2D eigenvalue weighted by Crippen LogP contribution is 2.31. The summed E-state index contributed by atoms with van der Waals surface area (Å²) in [6.07, 6.45) is 1.52. The maximum Gasteiger partial charge on any atom is 0.250 e. The van der Waals surface area contributed by atoms with Crippen LogP contribution in [0.25, 0.3) is 0 Å². The number of ether oxygens (including phenoxy) is 2. The Morgan fingerprint density at radius 3 is 2.55 bits per heavy atom. The van der Waals surface area contributed by atoms with Gasteiger partial charge in [0, 0.05) is 11.3 Å². The molecule has 0 fully saturated rings. The number of para-hydroxylation sites is 1. The van der Waals surface area contributed by atoms with E-state index in [0.717, 1.165) is 14.4 Å². The number of aromatic nitrogens is 2. The zero-order valence-corrected chi connectivity index (χ0v) is 19.8. The van der Waals surface area contributed by atoms with E-state index < -0.39 is 0 Å². The molecular weight excluding hydrogens is 452 g/mol. The highest BCUT2D eigenvalue weighted by atomic mass is 32.2. The standard InChI is InChI=1S/C21H22N4O3S3/c1-14-7-9-15(10-8-14)12-29-20-24-25-21(31-20)30-13-18(26)23-22-11-16-5-4-6-17(27-2)19(16)28-3/h4-11H,12-13H2,1-3H3,(H,23,26)/b22-11-. The molecule has 3 rings (SSSR count). The van der Waals surface area contributed by atoms with Crippen LogP contribution in [0.1, 0.15) is 16.7 Å². The van der Waals surface area contributed by atoms with Gasteiger partial charge in [0.25, 0.3) is 5.91 Å². The summed E-state index contributed by atoms with van der Waals surface area (Å²) in [7, 11) is 3.12. The summed E-state index contributed by atoms with van der Waals surface area (Å²) in [6.45, 7) is 2.07. The lowest BCUT2D eigenvalue weighted by atomic mass is 10.2. The van der Waals surface area contributed by atoms with Crippen molar-refractivity contribution in [2.75, 3.05) is 20.0 Å². The van der Waals surface area contributed by atoms with Gasteiger partial charge in [0.15, 0.2) is 20.2 Å². The van der Waals surface area contributed by atoms with Gasteiger partial charge in [-0.15, -0.1) is 10.2 Å². The molecule has 1 N–H and O–H groups in total. The van der Waals surface area contributed by atoms with Crippen LogP contribution in [0.2, 0.25) is 0 Å². The number of thioether (sulfide) groups is 2. The third-order valence-corrected chi connectivity index (χ3v) is 7.28. The van der Waals surface area contributed by atoms with Crippen LogP contribution in [-0.4, -0.2) is 42.3 Å². The molecule has 10 heteroatoms. The first kappa shape index (κ1) is 23.1. The molecule has 3 aromatic rings. The molecule has 0 saturated heterocycles. The Bertz CT molecular complexity index is 1040. The Balaban J connectivity index is 1.45. The van der Waals surface area contributed by atoms with E-state index in [0.29, 0.717) is 17.1 Å². The molecule has 162 valence electrons. The first-order valence-electron chi connectivity index (χ1n) is 9.26. The van der Waals surface area contributed by atoms with Crippen LogP contribution in [0.5, 0.6) is 11.5 Å². The van der Waals surface area contributed by atoms with E-state index in [1.807, 2.05) is 12.1 Å². The van der Waals surface area contributed by atoms with Crippen molar-refractivity contribution >= 4 is 47.0 Å². The summed E-state index contributed by atoms with van der Waals surface area (Å²) in [6, 6.07) is 13.9. The number of methoxy groups -OCH3 is 2. The highest BCUT2D eigenvalue weighted by Gasteiger charge is 2.10. The van der Waals surface area contributed by atoms with Crippen molar-refractivity contribution in [3.63, 3.8) is 0 Å². The Labute approximate surface area is 193 Å². The number of carbonyl (C=O) groups excluding carboxylic acids is 1. The predicted octanol–water partition coefficient (Wildman–Crippen LogP) is 4.40. The van der Waals surface area contributed by atoms with Crippen LogP contribution in [0.4, 0.5) is 0 Å². The molecule has 31 heavy (non-hydrogen) atoms. The van der Waals surface area contributed by atoms with E-state index in [1.165, 1.54) is 40.4 Å². The van der Waals surface area contributed by atoms with Crippen molar-refractivity contribution in [1.29, 1.82) is 0 Å². The number of hydrazone groups is 1. The normalized spacial score (nSPS) is 10.9. The summed E-state index contributed by atoms with van der Waals surface area (Å²) < 4.78 is 12.2. The third-order valence-electron chi connectivity index (χ3n) is 4.02. The number of hydrogen-bond donors (Lipinski definition) is 1. The molecule has 0 aliphatic heterocycles. The van der Waals surface area contributed by atoms with Gasteiger partial charge in [-0.2, -0.15) is 5.10 Å². The van der Waals surface area contributed by atoms with E-state index in [1.54, 1.807) is 32.0 Å². The topological polar surface area (TPSA) is 85.7 Å². The van der Waals surface area contributed by atoms with E-state index in [-0.39, 0.29) is 11.7 Å². The van der Waals surface area contributed by atoms with Crippen LogP contribution in [0.3, 0.4) is 0 Å². The first-order valence-corrected chi connectivity index (χ1v) is 12.1. The molecule has 1 amide bonds. The van der Waals surface area contributed by atoms with Gasteiger partial charge < -0.3 is 9.47 Å². The monoisotopic (exact) mass is 474 g/mol. The number of amides is 1. The van der Waals surface area contributed by atoms with Gasteiger partial charge in [0.2, 0.25) is 0 Å². The van der Waals surface area contributed by atoms with Crippen molar-refractivity contribution in [2.24, 2.45) is 5.10 Å². The molecule has 7 nitrogen and oxygen atoms in total. The molecule has 0 saturated carbocycles. The average molecular weight is 475 g/mol. The zero-order chi connectivity index (χ0) is 22.1. The second-order valence-electron chi connectivity index (χ2n) is 6.27. The zero-order valence-electron chi connectivity index (χ0n) is 17.3. The first-order chi connectivity index (χ1) is 15.1. The minimum absolute atomic E-state index is 0.198. The SMILES string of the molecule is COc1cccc(/C=N\NC(=O)CSc2nnc(SCc3ccc(C)cc3)s2)c1OC. The number of hydrogen-bond acceptors (Lipinski definition) is 9. The van der Waals surface area contributed by atoms with Gasteiger partial charge in [-0.25, -0.2) is 5.43 Å². The van der Waals surface area contributed by atoms with Crippen LogP contribution >= 0.6 is 34.9 Å². The molecule has 0 radical (unpaired) electrons. The summed E-state index contributed by atoms with van der Waals surface area (Å²) in [5.74, 6) is 1.96. The van der Waals surface area contributed by atoms with E-state index in [4.69, 9.17) is 9.47 Å². The molecule has 0 unspecified atom stereocenters. The molecule has 0 spiro atoms. The number of aryl methyl sites for hydroxylation is 1. The Morgan fingerprint density at radius 2 is 1.84 bits per heavy atom. The van der Waals surface area contributed by atoms with Gasteiger partial charge >= 0.3 is 0 Å². The van der Waals surface area contributed by atoms with Crippen molar-refractivity contribution in [3.8, 4) is 11.5 Å². The largest absolute Gasteiger partial charge is 0.493 e. The van der Waals surface area contributed by atoms with Gasteiger partial charge in [-0.3, -0.25) is 4.79 Å². The maximum atomic E-state index is 12.1. The minimum atomic E-state index is -0.229. The van der Waals surface area contributed by atoms with E-state index in [2.05, 4.69) is 51.9 Å². The highest BCUT2D eigenvalue weighted by molar-refractivity contribution is 8.03. The smallest absolute Gasteiger partial charge is 0.250 e. The predicted molar refractivity (Wildman–Crippen MR) is 127 cm³/mol. The molecule has 0 atom stereocenters. The fourth-order valence-corrected chi connectivity index (χ4v) is 5.26. The second kappa shape index (κ2) is 11.7. The molecule has 0 aliphatic carbocycles. The second-order valence-corrected chi connectivity index (χ2v) is 9.70. The van der Waals surface area contributed by atoms with Crippen LogP contribution in [0.15, 0.2) is 56.2 Å². The quantitative estimate of drug-likeness (QED) is 0.265. The van der Waals surface area contributed by atoms with Crippen LogP contribution < -0.4 is 14.9 Å². The van der Waals surface area contributed by atoms with Crippen molar-refractivity contribution in [2.45, 2.75) is 21.4 Å². The minimum Gasteiger partial charge on any atom is -0.493 e. The number of nitrogens with one attached hydrogen (secondary N) is 1. The Kier molecular flexibility index (Phi) is 8.74. The van der Waals surface area contributed by atoms with E-state index in [9.17, 15) is 4.79 Å². The van der Waals surface area contributed by atoms with Crippen molar-refractivity contribution < 1.29 is 14.3 Å². The molecule has 2 aromatic carbocycles. The van der Waals surface area contributed by atoms with Crippen LogP contribution in [-0.2, 0) is 10.5 Å². The van der Waals surface area contributed by atoms with Crippen molar-refractivity contribution in [3.05, 3.63) is 59.2 Å². The van der Waals surface area contributed by atoms with Gasteiger partial charge in [0.1, 0.15) is 0 Å². The lowest BCUT2D eigenvalue weighted by molar-refractivity contribution is -0.118. The molecule has 1 heterocycles. The third kappa shape index (κ3) is 6.98. The molecular formula is C21H22N4O3S3. The Hall–Kier alpha value is -2.56. The summed E-state index contributed by atoms with van der Waals surface area (Å²) in [5, 5.41) is 12.3. The maximum absolute atomic E-state index is 12.1. The summed E-state index contributed by atoms with van der Waals surface area (Å²) >= 11 is 4.45. The van der Waals surface area contributed by atoms with Gasteiger partial charge in [-0.05, 0) is 24.6 Å². The van der Waals surface area contributed by atoms with Gasteiger partial charge in [0.05, 0.1) is 26.2 Å². The van der Waals surface area contributed by atoms with Crippen LogP contribution in [0, 0.1) is 6.92 Å². The van der Waals surface area contributed by atoms with E-state index >= 15 is 0 Å². The molecule has 0 bridgehead atoms. The number of benzene rings is 2. The average Bonchev–Trinajstić information content (AvgIpc) is 3.25. The fraction of sp³-hybridized carbons (Fsp3) is 0.238. The fourth-order valence-electron chi connectivity index (χ4n) is 2.49. The summed E-state index contributed by atoms with van der Waals surface area (Å²) in [5.41, 5.74) is 5.70. The Morgan fingerprint density at radius 1 is 1.10 bits per heavy atom. The number of carbonyl (C=O) groups is 1. The van der Waals surface area contributed by atoms with Crippen molar-refractivity contribution in [1.82, 2.24) is 15.6 Å². The van der Waals surface area contributed by atoms with Gasteiger partial charge in [-0.1, -0.05) is 70.8 Å².